The summed E-state index contributed by atoms with van der Waals surface area (Å²) in [5, 5.41) is 9.51. The lowest BCUT2D eigenvalue weighted by Gasteiger charge is -2.08. The average molecular weight is 267 g/mol. The van der Waals surface area contributed by atoms with E-state index in [2.05, 4.69) is 0 Å². The van der Waals surface area contributed by atoms with Gasteiger partial charge in [-0.3, -0.25) is 0 Å². The van der Waals surface area contributed by atoms with Gasteiger partial charge in [-0.05, 0) is 36.8 Å². The number of carbonyl (C=O) groups is 1. The molecule has 5 heteroatoms. The summed E-state index contributed by atoms with van der Waals surface area (Å²) in [5.74, 6) is -0.537. The molecule has 2 rings (SSSR count). The first-order valence-corrected chi connectivity index (χ1v) is 5.64. The number of halogens is 1. The predicted molar refractivity (Wildman–Crippen MR) is 66.2 cm³/mol. The Kier molecular flexibility index (Phi) is 3.58. The molecule has 0 radical (unpaired) electrons. The summed E-state index contributed by atoms with van der Waals surface area (Å²) in [6.45, 7) is 2.01. The minimum Gasteiger partial charge on any atom is -0.488 e. The van der Waals surface area contributed by atoms with Crippen LogP contribution in [0.25, 0.3) is 0 Å². The van der Waals surface area contributed by atoms with Crippen LogP contribution in [0.1, 0.15) is 21.7 Å². The van der Waals surface area contributed by atoms with Crippen LogP contribution in [0.3, 0.4) is 0 Å². The number of aryl methyl sites for hydroxylation is 1. The third-order valence-corrected chi connectivity index (χ3v) is 2.70. The molecule has 0 fully saturated rings. The molecule has 0 bridgehead atoms. The van der Waals surface area contributed by atoms with Crippen molar-refractivity contribution >= 4 is 17.6 Å². The molecule has 94 valence electrons. The van der Waals surface area contributed by atoms with Crippen LogP contribution in [-0.2, 0) is 6.61 Å². The van der Waals surface area contributed by atoms with Crippen molar-refractivity contribution in [2.45, 2.75) is 13.5 Å². The summed E-state index contributed by atoms with van der Waals surface area (Å²) in [6, 6.07) is 6.83. The van der Waals surface area contributed by atoms with Gasteiger partial charge >= 0.3 is 5.97 Å². The molecule has 0 aliphatic heterocycles. The number of hydrogen-bond acceptors (Lipinski definition) is 3. The van der Waals surface area contributed by atoms with Crippen molar-refractivity contribution in [3.8, 4) is 5.75 Å². The minimum absolute atomic E-state index is 0.0957. The van der Waals surface area contributed by atoms with Crippen LogP contribution < -0.4 is 4.74 Å². The van der Waals surface area contributed by atoms with Gasteiger partial charge in [0.15, 0.2) is 0 Å². The van der Waals surface area contributed by atoms with Crippen LogP contribution in [-0.4, -0.2) is 11.1 Å². The monoisotopic (exact) mass is 266 g/mol. The first-order valence-electron chi connectivity index (χ1n) is 5.26. The van der Waals surface area contributed by atoms with Crippen LogP contribution >= 0.6 is 11.6 Å². The van der Waals surface area contributed by atoms with E-state index in [1.807, 2.05) is 6.92 Å². The van der Waals surface area contributed by atoms with E-state index in [-0.39, 0.29) is 12.4 Å². The average Bonchev–Trinajstić information content (AvgIpc) is 2.76. The van der Waals surface area contributed by atoms with Crippen LogP contribution in [0, 0.1) is 6.92 Å². The Morgan fingerprint density at radius 3 is 2.89 bits per heavy atom. The Bertz CT molecular complexity index is 574. The Labute approximate surface area is 109 Å². The van der Waals surface area contributed by atoms with Crippen molar-refractivity contribution in [3.63, 3.8) is 0 Å². The minimum atomic E-state index is -1.11. The van der Waals surface area contributed by atoms with Gasteiger partial charge in [0.1, 0.15) is 12.4 Å². The third kappa shape index (κ3) is 2.65. The van der Waals surface area contributed by atoms with Crippen molar-refractivity contribution in [2.24, 2.45) is 0 Å². The smallest absolute Gasteiger partial charge is 0.372 e. The zero-order valence-corrected chi connectivity index (χ0v) is 10.4. The Hall–Kier alpha value is -1.94. The number of furan rings is 1. The highest BCUT2D eigenvalue weighted by Gasteiger charge is 2.14. The predicted octanol–water partition coefficient (Wildman–Crippen LogP) is 3.52. The zero-order valence-electron chi connectivity index (χ0n) is 9.64. The Balaban J connectivity index is 2.11. The number of ether oxygens (including phenoxy) is 1. The molecule has 0 unspecified atom stereocenters. The Morgan fingerprint density at radius 1 is 1.44 bits per heavy atom. The maximum Gasteiger partial charge on any atom is 0.372 e. The van der Waals surface area contributed by atoms with E-state index in [4.69, 9.17) is 25.9 Å². The van der Waals surface area contributed by atoms with Crippen LogP contribution in [0.4, 0.5) is 0 Å². The molecular formula is C13H11ClO4. The molecule has 0 aliphatic rings. The molecule has 2 aromatic rings. The molecule has 18 heavy (non-hydrogen) atoms. The molecule has 0 saturated heterocycles. The van der Waals surface area contributed by atoms with Gasteiger partial charge in [-0.25, -0.2) is 4.79 Å². The lowest BCUT2D eigenvalue weighted by atomic mass is 10.2. The second kappa shape index (κ2) is 5.14. The van der Waals surface area contributed by atoms with Crippen molar-refractivity contribution in [2.75, 3.05) is 0 Å². The van der Waals surface area contributed by atoms with E-state index in [9.17, 15) is 4.79 Å². The molecule has 0 spiro atoms. The zero-order chi connectivity index (χ0) is 13.1. The van der Waals surface area contributed by atoms with Gasteiger partial charge < -0.3 is 14.3 Å². The maximum absolute atomic E-state index is 10.8. The van der Waals surface area contributed by atoms with Crippen molar-refractivity contribution in [3.05, 3.63) is 52.4 Å². The molecule has 4 nitrogen and oxygen atoms in total. The van der Waals surface area contributed by atoms with Gasteiger partial charge in [0.25, 0.3) is 0 Å². The van der Waals surface area contributed by atoms with Crippen LogP contribution in [0.2, 0.25) is 5.02 Å². The standard InChI is InChI=1S/C13H11ClO4/c1-8-6-10(14)2-3-11(8)18-7-9-4-5-17-12(9)13(15)16/h2-6H,7H2,1H3,(H,15,16). The molecule has 1 aromatic carbocycles. The van der Waals surface area contributed by atoms with Crippen molar-refractivity contribution < 1.29 is 19.1 Å². The topological polar surface area (TPSA) is 59.7 Å². The third-order valence-electron chi connectivity index (χ3n) is 2.46. The highest BCUT2D eigenvalue weighted by molar-refractivity contribution is 6.30. The van der Waals surface area contributed by atoms with Gasteiger partial charge in [-0.1, -0.05) is 11.6 Å². The molecule has 1 N–H and O–H groups in total. The van der Waals surface area contributed by atoms with Gasteiger partial charge in [-0.15, -0.1) is 0 Å². The highest BCUT2D eigenvalue weighted by atomic mass is 35.5. The van der Waals surface area contributed by atoms with E-state index in [0.717, 1.165) is 5.56 Å². The second-order valence-corrected chi connectivity index (χ2v) is 4.22. The molecule has 0 saturated carbocycles. The van der Waals surface area contributed by atoms with E-state index in [0.29, 0.717) is 16.3 Å². The molecular weight excluding hydrogens is 256 g/mol. The first-order chi connectivity index (χ1) is 8.58. The fraction of sp³-hybridized carbons (Fsp3) is 0.154. The normalized spacial score (nSPS) is 10.3. The SMILES string of the molecule is Cc1cc(Cl)ccc1OCc1ccoc1C(=O)O. The van der Waals surface area contributed by atoms with Crippen molar-refractivity contribution in [1.29, 1.82) is 0 Å². The number of carboxylic acids is 1. The van der Waals surface area contributed by atoms with Crippen LogP contribution in [0.15, 0.2) is 34.9 Å². The summed E-state index contributed by atoms with van der Waals surface area (Å²) in [6.07, 6.45) is 1.33. The summed E-state index contributed by atoms with van der Waals surface area (Å²) in [4.78, 5) is 10.8. The quantitative estimate of drug-likeness (QED) is 0.920. The van der Waals surface area contributed by atoms with Crippen molar-refractivity contribution in [1.82, 2.24) is 0 Å². The molecule has 1 heterocycles. The lowest BCUT2D eigenvalue weighted by Crippen LogP contribution is -2.03. The second-order valence-electron chi connectivity index (χ2n) is 3.78. The number of hydrogen-bond donors (Lipinski definition) is 1. The van der Waals surface area contributed by atoms with E-state index < -0.39 is 5.97 Å². The summed E-state index contributed by atoms with van der Waals surface area (Å²) >= 11 is 5.84. The van der Waals surface area contributed by atoms with E-state index in [1.54, 1.807) is 24.3 Å². The van der Waals surface area contributed by atoms with Gasteiger partial charge in [0.05, 0.1) is 6.26 Å². The van der Waals surface area contributed by atoms with Gasteiger partial charge in [0.2, 0.25) is 5.76 Å². The molecule has 0 aliphatic carbocycles. The number of carboxylic acid groups (broad SMARTS) is 1. The number of rotatable bonds is 4. The van der Waals surface area contributed by atoms with Gasteiger partial charge in [0, 0.05) is 10.6 Å². The number of aromatic carboxylic acids is 1. The number of benzene rings is 1. The first kappa shape index (κ1) is 12.5. The summed E-state index contributed by atoms with van der Waals surface area (Å²) in [5.41, 5.74) is 1.39. The van der Waals surface area contributed by atoms with Gasteiger partial charge in [-0.2, -0.15) is 0 Å². The fourth-order valence-electron chi connectivity index (χ4n) is 1.57. The highest BCUT2D eigenvalue weighted by Crippen LogP contribution is 2.23. The molecule has 0 amide bonds. The molecule has 0 atom stereocenters. The van der Waals surface area contributed by atoms with Crippen LogP contribution in [0.5, 0.6) is 5.75 Å². The summed E-state index contributed by atoms with van der Waals surface area (Å²) in [7, 11) is 0. The van der Waals surface area contributed by atoms with E-state index in [1.165, 1.54) is 6.26 Å². The molecule has 1 aromatic heterocycles. The Morgan fingerprint density at radius 2 is 2.22 bits per heavy atom. The largest absolute Gasteiger partial charge is 0.488 e. The summed E-state index contributed by atoms with van der Waals surface area (Å²) < 4.78 is 10.4. The fourth-order valence-corrected chi connectivity index (χ4v) is 1.79. The maximum atomic E-state index is 10.8. The van der Waals surface area contributed by atoms with E-state index >= 15 is 0 Å². The lowest BCUT2D eigenvalue weighted by molar-refractivity contribution is 0.0658.